The second-order valence-electron chi connectivity index (χ2n) is 5.12. The third kappa shape index (κ3) is 4.15. The van der Waals surface area contributed by atoms with Crippen LogP contribution in [0.1, 0.15) is 18.7 Å². The van der Waals surface area contributed by atoms with Crippen molar-refractivity contribution in [1.82, 2.24) is 14.8 Å². The molecule has 0 unspecified atom stereocenters. The van der Waals surface area contributed by atoms with Crippen molar-refractivity contribution in [3.8, 4) is 0 Å². The Morgan fingerprint density at radius 3 is 2.45 bits per heavy atom. The molecule has 2 rings (SSSR count). The van der Waals surface area contributed by atoms with Crippen molar-refractivity contribution in [3.63, 3.8) is 0 Å². The van der Waals surface area contributed by atoms with Crippen LogP contribution in [-0.2, 0) is 6.54 Å². The Morgan fingerprint density at radius 1 is 1.20 bits per heavy atom. The van der Waals surface area contributed by atoms with Gasteiger partial charge in [0.25, 0.3) is 0 Å². The van der Waals surface area contributed by atoms with E-state index in [0.29, 0.717) is 0 Å². The quantitative estimate of drug-likeness (QED) is 0.816. The molecular formula is C14H26N4OS. The van der Waals surface area contributed by atoms with Gasteiger partial charge in [0.2, 0.25) is 0 Å². The standard InChI is InChI=1S/C14H26N4OS/c1-3-18(4-2)14-15-11-13(20-14)12-17-7-5-16(6-8-17)9-10-19/h11,19H,3-10,12H2,1-2H3. The third-order valence-electron chi connectivity index (χ3n) is 3.84. The van der Waals surface area contributed by atoms with E-state index in [-0.39, 0.29) is 6.61 Å². The van der Waals surface area contributed by atoms with Crippen LogP contribution in [0, 0.1) is 0 Å². The van der Waals surface area contributed by atoms with E-state index in [0.717, 1.165) is 57.5 Å². The van der Waals surface area contributed by atoms with Gasteiger partial charge in [-0.05, 0) is 13.8 Å². The number of β-amino-alcohol motifs (C(OH)–C–C–N with tert-alkyl or cyclic N) is 1. The highest BCUT2D eigenvalue weighted by Crippen LogP contribution is 2.23. The summed E-state index contributed by atoms with van der Waals surface area (Å²) in [4.78, 5) is 13.0. The minimum Gasteiger partial charge on any atom is -0.395 e. The zero-order valence-electron chi connectivity index (χ0n) is 12.6. The Labute approximate surface area is 125 Å². The number of thiazole rings is 1. The molecule has 1 aromatic heterocycles. The van der Waals surface area contributed by atoms with E-state index in [1.807, 2.05) is 17.5 Å². The van der Waals surface area contributed by atoms with Gasteiger partial charge in [-0.15, -0.1) is 11.3 Å². The number of rotatable bonds is 7. The maximum atomic E-state index is 8.95. The van der Waals surface area contributed by atoms with Crippen molar-refractivity contribution in [3.05, 3.63) is 11.1 Å². The van der Waals surface area contributed by atoms with Gasteiger partial charge in [-0.25, -0.2) is 4.98 Å². The molecule has 1 fully saturated rings. The van der Waals surface area contributed by atoms with Gasteiger partial charge in [0, 0.05) is 63.4 Å². The summed E-state index contributed by atoms with van der Waals surface area (Å²) in [7, 11) is 0. The fourth-order valence-electron chi connectivity index (χ4n) is 2.54. The van der Waals surface area contributed by atoms with Crippen molar-refractivity contribution in [2.75, 3.05) is 57.3 Å². The van der Waals surface area contributed by atoms with Crippen molar-refractivity contribution < 1.29 is 5.11 Å². The molecule has 6 heteroatoms. The number of nitrogens with zero attached hydrogens (tertiary/aromatic N) is 4. The van der Waals surface area contributed by atoms with E-state index in [9.17, 15) is 0 Å². The first-order valence-corrected chi connectivity index (χ1v) is 8.33. The van der Waals surface area contributed by atoms with Crippen LogP contribution in [0.5, 0.6) is 0 Å². The molecule has 0 atom stereocenters. The number of piperazine rings is 1. The molecular weight excluding hydrogens is 272 g/mol. The lowest BCUT2D eigenvalue weighted by Gasteiger charge is -2.33. The molecule has 1 aliphatic heterocycles. The summed E-state index contributed by atoms with van der Waals surface area (Å²) in [6.07, 6.45) is 2.03. The zero-order valence-corrected chi connectivity index (χ0v) is 13.4. The molecule has 0 amide bonds. The highest BCUT2D eigenvalue weighted by atomic mass is 32.1. The fourth-order valence-corrected chi connectivity index (χ4v) is 3.62. The number of aliphatic hydroxyl groups excluding tert-OH is 1. The van der Waals surface area contributed by atoms with Crippen molar-refractivity contribution in [2.24, 2.45) is 0 Å². The van der Waals surface area contributed by atoms with E-state index in [2.05, 4.69) is 33.5 Å². The van der Waals surface area contributed by atoms with Crippen molar-refractivity contribution in [2.45, 2.75) is 20.4 Å². The molecule has 0 saturated carbocycles. The van der Waals surface area contributed by atoms with Crippen LogP contribution in [0.2, 0.25) is 0 Å². The lowest BCUT2D eigenvalue weighted by Crippen LogP contribution is -2.46. The maximum Gasteiger partial charge on any atom is 0.185 e. The summed E-state index contributed by atoms with van der Waals surface area (Å²) in [5.74, 6) is 0. The van der Waals surface area contributed by atoms with Crippen LogP contribution in [0.15, 0.2) is 6.20 Å². The van der Waals surface area contributed by atoms with Gasteiger partial charge in [0.1, 0.15) is 0 Å². The minimum absolute atomic E-state index is 0.266. The normalized spacial score (nSPS) is 17.6. The number of hydrogen-bond acceptors (Lipinski definition) is 6. The highest BCUT2D eigenvalue weighted by molar-refractivity contribution is 7.15. The predicted molar refractivity (Wildman–Crippen MR) is 84.5 cm³/mol. The Hall–Kier alpha value is -0.690. The van der Waals surface area contributed by atoms with E-state index >= 15 is 0 Å². The number of aromatic nitrogens is 1. The first-order valence-electron chi connectivity index (χ1n) is 7.52. The summed E-state index contributed by atoms with van der Waals surface area (Å²) >= 11 is 1.81. The molecule has 5 nitrogen and oxygen atoms in total. The topological polar surface area (TPSA) is 42.8 Å². The third-order valence-corrected chi connectivity index (χ3v) is 4.88. The molecule has 1 saturated heterocycles. The zero-order chi connectivity index (χ0) is 14.4. The molecule has 0 aromatic carbocycles. The summed E-state index contributed by atoms with van der Waals surface area (Å²) in [5, 5.41) is 10.1. The van der Waals surface area contributed by atoms with Crippen LogP contribution in [-0.4, -0.2) is 72.3 Å². The van der Waals surface area contributed by atoms with Crippen LogP contribution in [0.25, 0.3) is 0 Å². The Balaban J connectivity index is 1.82. The van der Waals surface area contributed by atoms with Gasteiger partial charge < -0.3 is 10.0 Å². The smallest absolute Gasteiger partial charge is 0.185 e. The molecule has 0 spiro atoms. The second kappa shape index (κ2) is 7.93. The first kappa shape index (κ1) is 15.7. The Kier molecular flexibility index (Phi) is 6.22. The van der Waals surface area contributed by atoms with Crippen molar-refractivity contribution >= 4 is 16.5 Å². The van der Waals surface area contributed by atoms with Gasteiger partial charge in [-0.1, -0.05) is 0 Å². The fraction of sp³-hybridized carbons (Fsp3) is 0.786. The molecule has 1 aromatic rings. The summed E-state index contributed by atoms with van der Waals surface area (Å²) in [5.41, 5.74) is 0. The minimum atomic E-state index is 0.266. The summed E-state index contributed by atoms with van der Waals surface area (Å²) < 4.78 is 0. The molecule has 114 valence electrons. The van der Waals surface area contributed by atoms with Crippen LogP contribution in [0.4, 0.5) is 5.13 Å². The molecule has 0 aliphatic carbocycles. The molecule has 1 N–H and O–H groups in total. The Bertz CT molecular complexity index is 386. The largest absolute Gasteiger partial charge is 0.395 e. The average molecular weight is 298 g/mol. The lowest BCUT2D eigenvalue weighted by molar-refractivity contribution is 0.109. The molecule has 0 bridgehead atoms. The Morgan fingerprint density at radius 2 is 1.85 bits per heavy atom. The van der Waals surface area contributed by atoms with Gasteiger partial charge in [-0.3, -0.25) is 9.80 Å². The molecule has 0 radical (unpaired) electrons. The van der Waals surface area contributed by atoms with Gasteiger partial charge in [0.15, 0.2) is 5.13 Å². The SMILES string of the molecule is CCN(CC)c1ncc(CN2CCN(CCO)CC2)s1. The van der Waals surface area contributed by atoms with Crippen LogP contribution in [0.3, 0.4) is 0 Å². The van der Waals surface area contributed by atoms with Crippen LogP contribution < -0.4 is 4.90 Å². The number of anilines is 1. The maximum absolute atomic E-state index is 8.95. The van der Waals surface area contributed by atoms with E-state index < -0.39 is 0 Å². The molecule has 20 heavy (non-hydrogen) atoms. The van der Waals surface area contributed by atoms with Crippen molar-refractivity contribution in [1.29, 1.82) is 0 Å². The van der Waals surface area contributed by atoms with E-state index in [1.54, 1.807) is 0 Å². The van der Waals surface area contributed by atoms with Crippen LogP contribution >= 0.6 is 11.3 Å². The van der Waals surface area contributed by atoms with Gasteiger partial charge in [0.05, 0.1) is 6.61 Å². The summed E-state index contributed by atoms with van der Waals surface area (Å²) in [6, 6.07) is 0. The number of aliphatic hydroxyl groups is 1. The monoisotopic (exact) mass is 298 g/mol. The van der Waals surface area contributed by atoms with Gasteiger partial charge >= 0.3 is 0 Å². The predicted octanol–water partition coefficient (Wildman–Crippen LogP) is 1.10. The van der Waals surface area contributed by atoms with Gasteiger partial charge in [-0.2, -0.15) is 0 Å². The highest BCUT2D eigenvalue weighted by Gasteiger charge is 2.17. The van der Waals surface area contributed by atoms with E-state index in [1.165, 1.54) is 4.88 Å². The second-order valence-corrected chi connectivity index (χ2v) is 6.22. The molecule has 1 aliphatic rings. The lowest BCUT2D eigenvalue weighted by atomic mass is 10.3. The molecule has 2 heterocycles. The number of hydrogen-bond donors (Lipinski definition) is 1. The van der Waals surface area contributed by atoms with E-state index in [4.69, 9.17) is 5.11 Å². The summed E-state index contributed by atoms with van der Waals surface area (Å²) in [6.45, 7) is 12.7. The first-order chi connectivity index (χ1) is 9.76. The average Bonchev–Trinajstić information content (AvgIpc) is 2.91.